The second kappa shape index (κ2) is 5.07. The molecule has 0 heterocycles. The van der Waals surface area contributed by atoms with E-state index in [9.17, 15) is 13.6 Å². The molecule has 1 N–H and O–H groups in total. The van der Waals surface area contributed by atoms with Crippen molar-refractivity contribution < 1.29 is 13.6 Å². The highest BCUT2D eigenvalue weighted by molar-refractivity contribution is 6.34. The molecular formula is C11H10ClF2NO. The Bertz CT molecular complexity index is 395. The maximum atomic E-state index is 12.2. The van der Waals surface area contributed by atoms with E-state index >= 15 is 0 Å². The summed E-state index contributed by atoms with van der Waals surface area (Å²) in [4.78, 5) is 10.7. The van der Waals surface area contributed by atoms with Gasteiger partial charge in [-0.05, 0) is 30.7 Å². The van der Waals surface area contributed by atoms with Gasteiger partial charge in [-0.15, -0.1) is 0 Å². The number of nitrogens with one attached hydrogen (secondary N) is 1. The minimum atomic E-state index is -3.84. The lowest BCUT2D eigenvalue weighted by Gasteiger charge is -2.03. The molecule has 0 bridgehead atoms. The Kier molecular flexibility index (Phi) is 4.01. The Hall–Kier alpha value is -1.42. The lowest BCUT2D eigenvalue weighted by Crippen LogP contribution is -2.18. The summed E-state index contributed by atoms with van der Waals surface area (Å²) < 4.78 is 24.5. The Morgan fingerprint density at radius 2 is 1.94 bits per heavy atom. The van der Waals surface area contributed by atoms with Crippen molar-refractivity contribution >= 4 is 23.1 Å². The minimum Gasteiger partial charge on any atom is -0.362 e. The van der Waals surface area contributed by atoms with Crippen molar-refractivity contribution in [2.75, 3.05) is 5.32 Å². The number of benzene rings is 1. The highest BCUT2D eigenvalue weighted by Crippen LogP contribution is 2.20. The molecule has 0 fully saturated rings. The molecular weight excluding hydrogens is 236 g/mol. The predicted octanol–water partition coefficient (Wildman–Crippen LogP) is 3.32. The van der Waals surface area contributed by atoms with Crippen LogP contribution in [0.1, 0.15) is 5.56 Å². The smallest absolute Gasteiger partial charge is 0.362 e. The molecule has 2 nitrogen and oxygen atoms in total. The number of anilines is 1. The van der Waals surface area contributed by atoms with Crippen LogP contribution in [0.3, 0.4) is 0 Å². The highest BCUT2D eigenvalue weighted by atomic mass is 35.5. The molecule has 1 rings (SSSR count). The van der Waals surface area contributed by atoms with Crippen LogP contribution in [0.5, 0.6) is 0 Å². The fourth-order valence-corrected chi connectivity index (χ4v) is 1.02. The number of carbonyl (C=O) groups is 1. The minimum absolute atomic E-state index is 0.701. The first kappa shape index (κ1) is 12.6. The van der Waals surface area contributed by atoms with Gasteiger partial charge in [0.1, 0.15) is 0 Å². The third-order valence-corrected chi connectivity index (χ3v) is 2.00. The third kappa shape index (κ3) is 3.98. The van der Waals surface area contributed by atoms with Crippen molar-refractivity contribution in [3.8, 4) is 0 Å². The zero-order chi connectivity index (χ0) is 12.2. The van der Waals surface area contributed by atoms with E-state index < -0.39 is 11.2 Å². The third-order valence-electron chi connectivity index (χ3n) is 1.82. The van der Waals surface area contributed by atoms with Crippen molar-refractivity contribution in [3.05, 3.63) is 42.1 Å². The van der Waals surface area contributed by atoms with Crippen molar-refractivity contribution in [1.82, 2.24) is 0 Å². The van der Waals surface area contributed by atoms with E-state index in [0.717, 1.165) is 11.8 Å². The van der Waals surface area contributed by atoms with Crippen LogP contribution in [0.4, 0.5) is 14.5 Å². The first-order chi connectivity index (χ1) is 7.39. The van der Waals surface area contributed by atoms with Crippen LogP contribution in [0.15, 0.2) is 36.5 Å². The molecule has 0 spiro atoms. The van der Waals surface area contributed by atoms with Crippen molar-refractivity contribution in [2.45, 2.75) is 12.3 Å². The Balaban J connectivity index is 2.55. The van der Waals surface area contributed by atoms with Crippen LogP contribution in [0.2, 0.25) is 0 Å². The van der Waals surface area contributed by atoms with E-state index in [2.05, 4.69) is 16.9 Å². The van der Waals surface area contributed by atoms with E-state index in [1.54, 1.807) is 12.1 Å². The molecule has 0 radical (unpaired) electrons. The molecule has 0 aliphatic heterocycles. The van der Waals surface area contributed by atoms with Gasteiger partial charge < -0.3 is 5.32 Å². The number of hydrogen-bond donors (Lipinski definition) is 1. The van der Waals surface area contributed by atoms with Gasteiger partial charge in [-0.2, -0.15) is 8.78 Å². The Morgan fingerprint density at radius 3 is 2.44 bits per heavy atom. The maximum Gasteiger partial charge on any atom is 0.384 e. The summed E-state index contributed by atoms with van der Waals surface area (Å²) in [5.41, 5.74) is 1.78. The molecule has 0 saturated heterocycles. The lowest BCUT2D eigenvalue weighted by molar-refractivity contribution is -0.128. The molecule has 0 amide bonds. The quantitative estimate of drug-likeness (QED) is 0.651. The summed E-state index contributed by atoms with van der Waals surface area (Å²) in [7, 11) is 0. The Morgan fingerprint density at radius 1 is 1.38 bits per heavy atom. The molecule has 0 saturated carbocycles. The molecule has 0 aliphatic rings. The fraction of sp³-hybridized carbons (Fsp3) is 0.182. The van der Waals surface area contributed by atoms with Gasteiger partial charge in [-0.25, -0.2) is 0 Å². The lowest BCUT2D eigenvalue weighted by atomic mass is 10.2. The van der Waals surface area contributed by atoms with E-state index in [4.69, 9.17) is 0 Å². The fourth-order valence-electron chi connectivity index (χ4n) is 0.958. The summed E-state index contributed by atoms with van der Waals surface area (Å²) >= 11 is 4.52. The number of ketones is 1. The first-order valence-electron chi connectivity index (χ1n) is 4.50. The number of rotatable bonds is 4. The number of halogens is 3. The molecule has 5 heteroatoms. The molecule has 86 valence electrons. The SMILES string of the molecule is Cc1ccc(NC=CC(=O)C(F)(F)Cl)cc1. The first-order valence-corrected chi connectivity index (χ1v) is 4.88. The number of allylic oxidation sites excluding steroid dienone is 1. The topological polar surface area (TPSA) is 29.1 Å². The number of aryl methyl sites for hydroxylation is 1. The van der Waals surface area contributed by atoms with Crippen LogP contribution in [0, 0.1) is 6.92 Å². The molecule has 16 heavy (non-hydrogen) atoms. The van der Waals surface area contributed by atoms with Crippen LogP contribution in [0.25, 0.3) is 0 Å². The van der Waals surface area contributed by atoms with Gasteiger partial charge in [0.2, 0.25) is 5.78 Å². The van der Waals surface area contributed by atoms with E-state index in [1.165, 1.54) is 0 Å². The molecule has 0 aliphatic carbocycles. The number of carbonyl (C=O) groups excluding carboxylic acids is 1. The summed E-state index contributed by atoms with van der Waals surface area (Å²) in [6.07, 6.45) is 1.83. The Labute approximate surface area is 96.9 Å². The normalized spacial score (nSPS) is 11.8. The average molecular weight is 246 g/mol. The van der Waals surface area contributed by atoms with E-state index in [0.29, 0.717) is 11.8 Å². The van der Waals surface area contributed by atoms with Gasteiger partial charge >= 0.3 is 5.38 Å². The maximum absolute atomic E-state index is 12.2. The molecule has 0 atom stereocenters. The second-order valence-corrected chi connectivity index (χ2v) is 3.68. The summed E-state index contributed by atoms with van der Waals surface area (Å²) in [6.45, 7) is 1.93. The average Bonchev–Trinajstić information content (AvgIpc) is 2.19. The van der Waals surface area contributed by atoms with Gasteiger partial charge in [0.25, 0.3) is 0 Å². The summed E-state index contributed by atoms with van der Waals surface area (Å²) in [5.74, 6) is -1.45. The summed E-state index contributed by atoms with van der Waals surface area (Å²) in [6, 6.07) is 7.24. The van der Waals surface area contributed by atoms with E-state index in [1.807, 2.05) is 19.1 Å². The van der Waals surface area contributed by atoms with Crippen LogP contribution >= 0.6 is 11.6 Å². The largest absolute Gasteiger partial charge is 0.384 e. The second-order valence-electron chi connectivity index (χ2n) is 3.21. The molecule has 1 aromatic carbocycles. The summed E-state index contributed by atoms with van der Waals surface area (Å²) in [5, 5.41) is -1.16. The van der Waals surface area contributed by atoms with Crippen molar-refractivity contribution in [1.29, 1.82) is 0 Å². The highest BCUT2D eigenvalue weighted by Gasteiger charge is 2.33. The van der Waals surface area contributed by atoms with Gasteiger partial charge in [0.15, 0.2) is 0 Å². The van der Waals surface area contributed by atoms with Gasteiger partial charge in [-0.3, -0.25) is 4.79 Å². The van der Waals surface area contributed by atoms with Gasteiger partial charge in [-0.1, -0.05) is 17.7 Å². The van der Waals surface area contributed by atoms with Gasteiger partial charge in [0, 0.05) is 18.0 Å². The predicted molar refractivity (Wildman–Crippen MR) is 59.7 cm³/mol. The number of alkyl halides is 3. The van der Waals surface area contributed by atoms with Crippen LogP contribution < -0.4 is 5.32 Å². The van der Waals surface area contributed by atoms with Gasteiger partial charge in [0.05, 0.1) is 0 Å². The zero-order valence-corrected chi connectivity index (χ0v) is 9.26. The zero-order valence-electron chi connectivity index (χ0n) is 8.51. The molecule has 0 unspecified atom stereocenters. The number of hydrogen-bond acceptors (Lipinski definition) is 2. The van der Waals surface area contributed by atoms with Crippen molar-refractivity contribution in [3.63, 3.8) is 0 Å². The molecule has 1 aromatic rings. The molecule has 0 aromatic heterocycles. The van der Waals surface area contributed by atoms with Crippen LogP contribution in [-0.4, -0.2) is 11.2 Å². The van der Waals surface area contributed by atoms with E-state index in [-0.39, 0.29) is 0 Å². The monoisotopic (exact) mass is 245 g/mol. The standard InChI is InChI=1S/C11H10ClF2NO/c1-8-2-4-9(5-3-8)15-7-6-10(16)11(12,13)14/h2-7,15H,1H3. The van der Waals surface area contributed by atoms with Crippen molar-refractivity contribution in [2.24, 2.45) is 0 Å². The van der Waals surface area contributed by atoms with Crippen LogP contribution in [-0.2, 0) is 4.79 Å².